The van der Waals surface area contributed by atoms with Crippen LogP contribution in [0.5, 0.6) is 0 Å². The maximum atomic E-state index is 11.8. The van der Waals surface area contributed by atoms with Crippen LogP contribution in [0.3, 0.4) is 0 Å². The van der Waals surface area contributed by atoms with Gasteiger partial charge in [-0.15, -0.1) is 0 Å². The Morgan fingerprint density at radius 2 is 2.05 bits per heavy atom. The molecule has 0 spiro atoms. The van der Waals surface area contributed by atoms with Gasteiger partial charge in [0.1, 0.15) is 6.04 Å². The van der Waals surface area contributed by atoms with Crippen LogP contribution in [0.1, 0.15) is 24.3 Å². The largest absolute Gasteiger partial charge is 0.481 e. The third kappa shape index (κ3) is 3.34. The molecule has 1 aromatic rings. The minimum atomic E-state index is -0.994. The molecule has 0 radical (unpaired) electrons. The molecule has 1 aliphatic rings. The molecule has 1 saturated heterocycles. The van der Waals surface area contributed by atoms with Crippen LogP contribution in [-0.4, -0.2) is 35.5 Å². The molecule has 3 N–H and O–H groups in total. The molecule has 1 aliphatic heterocycles. The molecule has 1 fully saturated rings. The molecule has 0 saturated carbocycles. The van der Waals surface area contributed by atoms with Gasteiger partial charge in [0.25, 0.3) is 0 Å². The average Bonchev–Trinajstić information content (AvgIpc) is 2.86. The highest BCUT2D eigenvalue weighted by molar-refractivity contribution is 5.91. The topological polar surface area (TPSA) is 95.5 Å². The van der Waals surface area contributed by atoms with E-state index in [-0.39, 0.29) is 18.4 Å². The Kier molecular flexibility index (Phi) is 4.34. The van der Waals surface area contributed by atoms with Gasteiger partial charge in [-0.1, -0.05) is 30.3 Å². The Morgan fingerprint density at radius 1 is 1.35 bits per heavy atom. The molecule has 0 aromatic heterocycles. The zero-order valence-electron chi connectivity index (χ0n) is 10.8. The van der Waals surface area contributed by atoms with Gasteiger partial charge >= 0.3 is 5.97 Å². The van der Waals surface area contributed by atoms with E-state index in [1.165, 1.54) is 0 Å². The summed E-state index contributed by atoms with van der Waals surface area (Å²) in [5, 5.41) is 14.4. The van der Waals surface area contributed by atoms with Crippen molar-refractivity contribution in [3.63, 3.8) is 0 Å². The van der Waals surface area contributed by atoms with Crippen LogP contribution >= 0.6 is 0 Å². The lowest BCUT2D eigenvalue weighted by Gasteiger charge is -2.16. The van der Waals surface area contributed by atoms with Crippen molar-refractivity contribution in [3.8, 4) is 0 Å². The summed E-state index contributed by atoms with van der Waals surface area (Å²) in [6, 6.07) is 8.18. The predicted octanol–water partition coefficient (Wildman–Crippen LogP) is 0.250. The number of carboxylic acid groups (broad SMARTS) is 1. The summed E-state index contributed by atoms with van der Waals surface area (Å²) in [5.74, 6) is -2.27. The van der Waals surface area contributed by atoms with Gasteiger partial charge in [0.15, 0.2) is 0 Å². The SMILES string of the molecule is O=C1CC[C@@H](C(=O)NCC(C(=O)O)c2ccccc2)N1. The fraction of sp³-hybridized carbons (Fsp3) is 0.357. The average molecular weight is 276 g/mol. The van der Waals surface area contributed by atoms with E-state index >= 15 is 0 Å². The number of benzene rings is 1. The molecule has 0 bridgehead atoms. The van der Waals surface area contributed by atoms with Gasteiger partial charge in [-0.3, -0.25) is 14.4 Å². The van der Waals surface area contributed by atoms with E-state index in [1.807, 2.05) is 0 Å². The number of aliphatic carboxylic acids is 1. The van der Waals surface area contributed by atoms with E-state index in [4.69, 9.17) is 0 Å². The molecular weight excluding hydrogens is 260 g/mol. The van der Waals surface area contributed by atoms with E-state index < -0.39 is 17.9 Å². The van der Waals surface area contributed by atoms with Crippen molar-refractivity contribution >= 4 is 17.8 Å². The minimum absolute atomic E-state index is 0.00451. The monoisotopic (exact) mass is 276 g/mol. The van der Waals surface area contributed by atoms with Gasteiger partial charge in [-0.05, 0) is 12.0 Å². The normalized spacial score (nSPS) is 19.2. The first-order valence-corrected chi connectivity index (χ1v) is 6.42. The second-order valence-electron chi connectivity index (χ2n) is 4.71. The number of hydrogen-bond donors (Lipinski definition) is 3. The van der Waals surface area contributed by atoms with Crippen molar-refractivity contribution in [1.29, 1.82) is 0 Å². The summed E-state index contributed by atoms with van der Waals surface area (Å²) >= 11 is 0. The van der Waals surface area contributed by atoms with Crippen LogP contribution in [0, 0.1) is 0 Å². The molecule has 1 unspecified atom stereocenters. The first-order chi connectivity index (χ1) is 9.58. The summed E-state index contributed by atoms with van der Waals surface area (Å²) in [5.41, 5.74) is 0.635. The zero-order chi connectivity index (χ0) is 14.5. The Hall–Kier alpha value is -2.37. The second kappa shape index (κ2) is 6.18. The van der Waals surface area contributed by atoms with Gasteiger partial charge in [-0.2, -0.15) is 0 Å². The number of carboxylic acids is 1. The molecular formula is C14H16N2O4. The lowest BCUT2D eigenvalue weighted by molar-refractivity contribution is -0.138. The van der Waals surface area contributed by atoms with Gasteiger partial charge in [0, 0.05) is 13.0 Å². The Morgan fingerprint density at radius 3 is 2.60 bits per heavy atom. The number of nitrogens with one attached hydrogen (secondary N) is 2. The van der Waals surface area contributed by atoms with Crippen molar-refractivity contribution in [3.05, 3.63) is 35.9 Å². The molecule has 1 aromatic carbocycles. The summed E-state index contributed by atoms with van der Waals surface area (Å²) in [7, 11) is 0. The van der Waals surface area contributed by atoms with Gasteiger partial charge in [0.2, 0.25) is 11.8 Å². The summed E-state index contributed by atoms with van der Waals surface area (Å²) in [6.07, 6.45) is 0.785. The summed E-state index contributed by atoms with van der Waals surface area (Å²) in [4.78, 5) is 34.1. The van der Waals surface area contributed by atoms with Gasteiger partial charge < -0.3 is 15.7 Å². The van der Waals surface area contributed by atoms with Crippen LogP contribution < -0.4 is 10.6 Å². The number of carbonyl (C=O) groups is 3. The van der Waals surface area contributed by atoms with E-state index in [2.05, 4.69) is 10.6 Å². The highest BCUT2D eigenvalue weighted by atomic mass is 16.4. The van der Waals surface area contributed by atoms with Crippen LogP contribution in [0.25, 0.3) is 0 Å². The highest BCUT2D eigenvalue weighted by Gasteiger charge is 2.28. The van der Waals surface area contributed by atoms with Gasteiger partial charge in [0.05, 0.1) is 5.92 Å². The fourth-order valence-corrected chi connectivity index (χ4v) is 2.17. The van der Waals surface area contributed by atoms with E-state index in [0.717, 1.165) is 0 Å². The molecule has 6 heteroatoms. The minimum Gasteiger partial charge on any atom is -0.481 e. The lowest BCUT2D eigenvalue weighted by Crippen LogP contribution is -2.43. The van der Waals surface area contributed by atoms with E-state index in [9.17, 15) is 19.5 Å². The fourth-order valence-electron chi connectivity index (χ4n) is 2.17. The third-order valence-corrected chi connectivity index (χ3v) is 3.29. The van der Waals surface area contributed by atoms with Crippen molar-refractivity contribution in [1.82, 2.24) is 10.6 Å². The quantitative estimate of drug-likeness (QED) is 0.718. The number of carbonyl (C=O) groups excluding carboxylic acids is 2. The maximum Gasteiger partial charge on any atom is 0.312 e. The molecule has 0 aliphatic carbocycles. The van der Waals surface area contributed by atoms with Crippen molar-refractivity contribution in [2.75, 3.05) is 6.54 Å². The van der Waals surface area contributed by atoms with Gasteiger partial charge in [-0.25, -0.2) is 0 Å². The second-order valence-corrected chi connectivity index (χ2v) is 4.71. The van der Waals surface area contributed by atoms with Crippen LogP contribution in [0.4, 0.5) is 0 Å². The highest BCUT2D eigenvalue weighted by Crippen LogP contribution is 2.15. The summed E-state index contributed by atoms with van der Waals surface area (Å²) in [6.45, 7) is 0.00451. The van der Waals surface area contributed by atoms with Crippen LogP contribution in [-0.2, 0) is 14.4 Å². The van der Waals surface area contributed by atoms with Crippen molar-refractivity contribution < 1.29 is 19.5 Å². The molecule has 1 heterocycles. The Labute approximate surface area is 116 Å². The molecule has 2 amide bonds. The van der Waals surface area contributed by atoms with Crippen LogP contribution in [0.15, 0.2) is 30.3 Å². The first-order valence-electron chi connectivity index (χ1n) is 6.42. The Bertz CT molecular complexity index is 515. The number of amides is 2. The van der Waals surface area contributed by atoms with E-state index in [0.29, 0.717) is 18.4 Å². The first kappa shape index (κ1) is 14.0. The molecule has 106 valence electrons. The number of hydrogen-bond acceptors (Lipinski definition) is 3. The molecule has 2 rings (SSSR count). The smallest absolute Gasteiger partial charge is 0.312 e. The van der Waals surface area contributed by atoms with Crippen molar-refractivity contribution in [2.45, 2.75) is 24.8 Å². The third-order valence-electron chi connectivity index (χ3n) is 3.29. The number of rotatable bonds is 5. The lowest BCUT2D eigenvalue weighted by atomic mass is 9.99. The molecule has 20 heavy (non-hydrogen) atoms. The van der Waals surface area contributed by atoms with Crippen LogP contribution in [0.2, 0.25) is 0 Å². The maximum absolute atomic E-state index is 11.8. The Balaban J connectivity index is 1.95. The standard InChI is InChI=1S/C14H16N2O4/c17-12-7-6-11(16-12)13(18)15-8-10(14(19)20)9-4-2-1-3-5-9/h1-5,10-11H,6-8H2,(H,15,18)(H,16,17)(H,19,20)/t10?,11-/m0/s1. The molecule has 2 atom stereocenters. The van der Waals surface area contributed by atoms with Crippen molar-refractivity contribution in [2.24, 2.45) is 0 Å². The van der Waals surface area contributed by atoms with E-state index in [1.54, 1.807) is 30.3 Å². The molecule has 6 nitrogen and oxygen atoms in total. The summed E-state index contributed by atoms with van der Waals surface area (Å²) < 4.78 is 0. The predicted molar refractivity (Wildman–Crippen MR) is 71.0 cm³/mol. The zero-order valence-corrected chi connectivity index (χ0v) is 10.8.